The van der Waals surface area contributed by atoms with Gasteiger partial charge in [0.2, 0.25) is 5.91 Å². The van der Waals surface area contributed by atoms with Gasteiger partial charge in [-0.3, -0.25) is 9.36 Å². The van der Waals surface area contributed by atoms with Crippen molar-refractivity contribution < 1.29 is 18.7 Å². The summed E-state index contributed by atoms with van der Waals surface area (Å²) in [5.74, 6) is 1.40. The highest BCUT2D eigenvalue weighted by Crippen LogP contribution is 2.27. The van der Waals surface area contributed by atoms with Crippen LogP contribution in [0.4, 0.5) is 10.1 Å². The molecule has 0 saturated heterocycles. The van der Waals surface area contributed by atoms with Crippen molar-refractivity contribution in [1.29, 1.82) is 0 Å². The molecule has 2 aromatic carbocycles. The first-order valence-corrected chi connectivity index (χ1v) is 11.4. The highest BCUT2D eigenvalue weighted by atomic mass is 79.9. The van der Waals surface area contributed by atoms with E-state index in [4.69, 9.17) is 9.47 Å². The van der Waals surface area contributed by atoms with Crippen molar-refractivity contribution in [3.05, 3.63) is 71.2 Å². The number of carbonyl (C=O) groups is 1. The quantitative estimate of drug-likeness (QED) is 0.290. The summed E-state index contributed by atoms with van der Waals surface area (Å²) in [5.41, 5.74) is 0.491. The van der Waals surface area contributed by atoms with Crippen molar-refractivity contribution in [3.63, 3.8) is 0 Å². The summed E-state index contributed by atoms with van der Waals surface area (Å²) in [6.07, 6.45) is 1.33. The second-order valence-electron chi connectivity index (χ2n) is 6.64. The Balaban J connectivity index is 1.68. The van der Waals surface area contributed by atoms with E-state index in [9.17, 15) is 9.18 Å². The molecule has 1 unspecified atom stereocenters. The first kappa shape index (κ1) is 23.8. The molecule has 1 amide bonds. The summed E-state index contributed by atoms with van der Waals surface area (Å²) < 4.78 is 26.8. The summed E-state index contributed by atoms with van der Waals surface area (Å²) in [4.78, 5) is 12.4. The number of ether oxygens (including phenoxy) is 2. The summed E-state index contributed by atoms with van der Waals surface area (Å²) in [6.45, 7) is 6.12. The van der Waals surface area contributed by atoms with Gasteiger partial charge in [0.25, 0.3) is 0 Å². The Morgan fingerprint density at radius 3 is 2.81 bits per heavy atom. The van der Waals surface area contributed by atoms with E-state index >= 15 is 0 Å². The number of allylic oxidation sites excluding steroid dienone is 1. The van der Waals surface area contributed by atoms with Gasteiger partial charge in [0.05, 0.1) is 18.6 Å². The van der Waals surface area contributed by atoms with E-state index in [1.165, 1.54) is 30.0 Å². The number of amides is 1. The molecular formula is C22H22BrFN4O3S. The second-order valence-corrected chi connectivity index (χ2v) is 8.44. The normalized spacial score (nSPS) is 11.6. The summed E-state index contributed by atoms with van der Waals surface area (Å²) in [5, 5.41) is 11.8. The molecule has 7 nitrogen and oxygen atoms in total. The van der Waals surface area contributed by atoms with E-state index in [-0.39, 0.29) is 17.5 Å². The fraction of sp³-hybridized carbons (Fsp3) is 0.227. The fourth-order valence-electron chi connectivity index (χ4n) is 2.85. The van der Waals surface area contributed by atoms with Crippen molar-refractivity contribution in [2.75, 3.05) is 18.2 Å². The van der Waals surface area contributed by atoms with Crippen LogP contribution in [0.3, 0.4) is 0 Å². The van der Waals surface area contributed by atoms with E-state index in [0.29, 0.717) is 39.2 Å². The zero-order valence-corrected chi connectivity index (χ0v) is 20.0. The molecule has 1 heterocycles. The van der Waals surface area contributed by atoms with Crippen LogP contribution in [0.1, 0.15) is 18.9 Å². The Kier molecular flexibility index (Phi) is 8.29. The Bertz CT molecular complexity index is 1110. The molecule has 0 spiro atoms. The number of aromatic nitrogens is 3. The largest absolute Gasteiger partial charge is 0.497 e. The number of nitrogens with one attached hydrogen (secondary N) is 1. The molecule has 0 saturated carbocycles. The third-order valence-corrected chi connectivity index (χ3v) is 5.94. The minimum absolute atomic E-state index is 0.101. The monoisotopic (exact) mass is 520 g/mol. The van der Waals surface area contributed by atoms with Crippen LogP contribution in [0.15, 0.2) is 64.7 Å². The van der Waals surface area contributed by atoms with E-state index < -0.39 is 6.10 Å². The summed E-state index contributed by atoms with van der Waals surface area (Å²) in [6, 6.07) is 11.4. The van der Waals surface area contributed by atoms with Crippen molar-refractivity contribution in [1.82, 2.24) is 14.8 Å². The molecule has 1 aromatic heterocycles. The zero-order valence-electron chi connectivity index (χ0n) is 17.5. The number of hydrogen-bond acceptors (Lipinski definition) is 6. The van der Waals surface area contributed by atoms with Gasteiger partial charge in [-0.15, -0.1) is 16.8 Å². The van der Waals surface area contributed by atoms with Gasteiger partial charge < -0.3 is 14.8 Å². The molecular weight excluding hydrogens is 499 g/mol. The molecule has 10 heteroatoms. The molecule has 0 aliphatic rings. The Labute approximate surface area is 198 Å². The predicted octanol–water partition coefficient (Wildman–Crippen LogP) is 5.25. The van der Waals surface area contributed by atoms with Crippen LogP contribution in [0.25, 0.3) is 0 Å². The van der Waals surface area contributed by atoms with Crippen LogP contribution >= 0.6 is 27.7 Å². The van der Waals surface area contributed by atoms with Crippen molar-refractivity contribution in [3.8, 4) is 11.5 Å². The van der Waals surface area contributed by atoms with Gasteiger partial charge in [0.1, 0.15) is 17.3 Å². The second kappa shape index (κ2) is 11.1. The van der Waals surface area contributed by atoms with Crippen LogP contribution in [0, 0.1) is 5.82 Å². The van der Waals surface area contributed by atoms with E-state index in [0.717, 1.165) is 0 Å². The molecule has 0 fully saturated rings. The molecule has 3 aromatic rings. The number of halogens is 2. The van der Waals surface area contributed by atoms with Crippen LogP contribution in [0.5, 0.6) is 11.5 Å². The molecule has 0 aliphatic heterocycles. The van der Waals surface area contributed by atoms with E-state index in [1.807, 2.05) is 29.7 Å². The molecule has 3 rings (SSSR count). The lowest BCUT2D eigenvalue weighted by molar-refractivity contribution is -0.113. The fourth-order valence-corrected chi connectivity index (χ4v) is 4.05. The Hall–Kier alpha value is -2.85. The van der Waals surface area contributed by atoms with Crippen LogP contribution < -0.4 is 14.8 Å². The molecule has 0 radical (unpaired) electrons. The average Bonchev–Trinajstić information content (AvgIpc) is 3.17. The topological polar surface area (TPSA) is 78.3 Å². The van der Waals surface area contributed by atoms with Gasteiger partial charge in [-0.05, 0) is 53.2 Å². The predicted molar refractivity (Wildman–Crippen MR) is 126 cm³/mol. The SMILES string of the molecule is C=CCn1c(SCC(=O)Nc2ccc(F)cc2Br)nnc1C(C)Oc1cccc(OC)c1. The standard InChI is InChI=1S/C22H22BrFN4O3S/c1-4-10-28-21(14(2)31-17-7-5-6-16(12-17)30-3)26-27-22(28)32-13-20(29)25-19-9-8-15(24)11-18(19)23/h4-9,11-12,14H,1,10,13H2,2-3H3,(H,25,29). The van der Waals surface area contributed by atoms with Crippen LogP contribution in [0.2, 0.25) is 0 Å². The van der Waals surface area contributed by atoms with E-state index in [1.54, 1.807) is 19.3 Å². The summed E-state index contributed by atoms with van der Waals surface area (Å²) >= 11 is 4.48. The van der Waals surface area contributed by atoms with Gasteiger partial charge in [-0.1, -0.05) is 23.9 Å². The van der Waals surface area contributed by atoms with Gasteiger partial charge in [-0.25, -0.2) is 4.39 Å². The maximum atomic E-state index is 13.2. The Morgan fingerprint density at radius 1 is 1.31 bits per heavy atom. The van der Waals surface area contributed by atoms with Crippen molar-refractivity contribution >= 4 is 39.3 Å². The zero-order chi connectivity index (χ0) is 23.1. The molecule has 0 aliphatic carbocycles. The van der Waals surface area contributed by atoms with Crippen molar-refractivity contribution in [2.24, 2.45) is 0 Å². The lowest BCUT2D eigenvalue weighted by Crippen LogP contribution is -2.16. The third-order valence-electron chi connectivity index (χ3n) is 4.31. The van der Waals surface area contributed by atoms with Gasteiger partial charge in [0, 0.05) is 17.1 Å². The van der Waals surface area contributed by atoms with Gasteiger partial charge in [-0.2, -0.15) is 0 Å². The number of nitrogens with zero attached hydrogens (tertiary/aromatic N) is 3. The number of benzene rings is 2. The number of anilines is 1. The maximum Gasteiger partial charge on any atom is 0.234 e. The first-order chi connectivity index (χ1) is 15.4. The number of hydrogen-bond donors (Lipinski definition) is 1. The molecule has 1 atom stereocenters. The number of thioether (sulfide) groups is 1. The average molecular weight is 521 g/mol. The minimum Gasteiger partial charge on any atom is -0.497 e. The number of rotatable bonds is 10. The summed E-state index contributed by atoms with van der Waals surface area (Å²) in [7, 11) is 1.59. The van der Waals surface area contributed by atoms with Gasteiger partial charge in [0.15, 0.2) is 17.1 Å². The number of carbonyl (C=O) groups excluding carboxylic acids is 1. The smallest absolute Gasteiger partial charge is 0.234 e. The van der Waals surface area contributed by atoms with Crippen LogP contribution in [-0.2, 0) is 11.3 Å². The minimum atomic E-state index is -0.395. The maximum absolute atomic E-state index is 13.2. The van der Waals surface area contributed by atoms with E-state index in [2.05, 4.69) is 38.0 Å². The Morgan fingerprint density at radius 2 is 2.09 bits per heavy atom. The van der Waals surface area contributed by atoms with Crippen molar-refractivity contribution in [2.45, 2.75) is 24.7 Å². The lowest BCUT2D eigenvalue weighted by atomic mass is 10.3. The molecule has 168 valence electrons. The van der Waals surface area contributed by atoms with Gasteiger partial charge >= 0.3 is 0 Å². The molecule has 1 N–H and O–H groups in total. The lowest BCUT2D eigenvalue weighted by Gasteiger charge is -2.16. The molecule has 32 heavy (non-hydrogen) atoms. The highest BCUT2D eigenvalue weighted by molar-refractivity contribution is 9.10. The molecule has 0 bridgehead atoms. The number of methoxy groups -OCH3 is 1. The third kappa shape index (κ3) is 6.10. The highest BCUT2D eigenvalue weighted by Gasteiger charge is 2.20. The first-order valence-electron chi connectivity index (χ1n) is 9.63. The van der Waals surface area contributed by atoms with Crippen LogP contribution in [-0.4, -0.2) is 33.5 Å².